The molecule has 1 aliphatic rings. The van der Waals surface area contributed by atoms with Crippen LogP contribution in [0.15, 0.2) is 30.5 Å². The van der Waals surface area contributed by atoms with E-state index in [1.807, 2.05) is 24.0 Å². The maximum atomic E-state index is 12.5. The minimum Gasteiger partial charge on any atom is -0.493 e. The summed E-state index contributed by atoms with van der Waals surface area (Å²) in [7, 11) is 3.17. The Bertz CT molecular complexity index is 894. The van der Waals surface area contributed by atoms with E-state index in [1.165, 1.54) is 0 Å². The molecule has 8 nitrogen and oxygen atoms in total. The van der Waals surface area contributed by atoms with Crippen LogP contribution in [-0.4, -0.2) is 60.5 Å². The average molecular weight is 412 g/mol. The molecule has 0 unspecified atom stereocenters. The number of para-hydroxylation sites is 2. The normalized spacial score (nSPS) is 14.3. The van der Waals surface area contributed by atoms with Gasteiger partial charge in [0, 0.05) is 26.3 Å². The molecule has 0 spiro atoms. The molecular weight excluding hydrogens is 384 g/mol. The molecule has 0 saturated carbocycles. The number of amides is 2. The van der Waals surface area contributed by atoms with E-state index in [-0.39, 0.29) is 18.4 Å². The van der Waals surface area contributed by atoms with Gasteiger partial charge in [0.05, 0.1) is 18.4 Å². The number of hydrogen-bond donors (Lipinski definition) is 1. The number of piperidine rings is 1. The molecule has 3 rings (SSSR count). The molecule has 1 saturated heterocycles. The highest BCUT2D eigenvalue weighted by atomic mass is 16.5. The Hall–Kier alpha value is -3.16. The Labute approximate surface area is 176 Å². The highest BCUT2D eigenvalue weighted by Crippen LogP contribution is 2.26. The summed E-state index contributed by atoms with van der Waals surface area (Å²) in [5.41, 5.74) is 1.29. The molecular formula is C22H28N4O4. The summed E-state index contributed by atoms with van der Waals surface area (Å²) < 4.78 is 10.9. The molecule has 2 heterocycles. The molecule has 1 aromatic heterocycles. The van der Waals surface area contributed by atoms with Crippen LogP contribution in [0.2, 0.25) is 0 Å². The van der Waals surface area contributed by atoms with Crippen molar-refractivity contribution in [2.75, 3.05) is 33.9 Å². The van der Waals surface area contributed by atoms with Crippen LogP contribution in [-0.2, 0) is 11.2 Å². The lowest BCUT2D eigenvalue weighted by Gasteiger charge is -2.32. The largest absolute Gasteiger partial charge is 0.493 e. The third-order valence-electron chi connectivity index (χ3n) is 5.33. The predicted molar refractivity (Wildman–Crippen MR) is 112 cm³/mol. The molecule has 1 fully saturated rings. The van der Waals surface area contributed by atoms with Crippen LogP contribution in [0, 0.1) is 12.8 Å². The van der Waals surface area contributed by atoms with Gasteiger partial charge in [0.1, 0.15) is 5.82 Å². The van der Waals surface area contributed by atoms with E-state index >= 15 is 0 Å². The van der Waals surface area contributed by atoms with Crippen molar-refractivity contribution < 1.29 is 19.1 Å². The van der Waals surface area contributed by atoms with Gasteiger partial charge in [-0.3, -0.25) is 9.59 Å². The number of methoxy groups -OCH3 is 1. The number of carbonyl (C=O) groups excluding carboxylic acids is 2. The van der Waals surface area contributed by atoms with Crippen LogP contribution in [0.4, 0.5) is 0 Å². The second-order valence-electron chi connectivity index (χ2n) is 7.32. The van der Waals surface area contributed by atoms with Crippen molar-refractivity contribution in [3.8, 4) is 11.5 Å². The van der Waals surface area contributed by atoms with Gasteiger partial charge in [0.2, 0.25) is 0 Å². The van der Waals surface area contributed by atoms with Gasteiger partial charge in [-0.1, -0.05) is 12.1 Å². The van der Waals surface area contributed by atoms with Crippen molar-refractivity contribution in [1.29, 1.82) is 0 Å². The lowest BCUT2D eigenvalue weighted by Crippen LogP contribution is -2.41. The topological polar surface area (TPSA) is 93.7 Å². The van der Waals surface area contributed by atoms with Crippen LogP contribution >= 0.6 is 0 Å². The molecule has 2 amide bonds. The summed E-state index contributed by atoms with van der Waals surface area (Å²) in [5.74, 6) is 1.97. The van der Waals surface area contributed by atoms with Gasteiger partial charge in [-0.25, -0.2) is 9.97 Å². The van der Waals surface area contributed by atoms with E-state index < -0.39 is 0 Å². The number of benzene rings is 1. The Morgan fingerprint density at radius 3 is 2.57 bits per heavy atom. The van der Waals surface area contributed by atoms with Crippen molar-refractivity contribution in [2.45, 2.75) is 26.2 Å². The Kier molecular flexibility index (Phi) is 7.21. The molecule has 1 aromatic carbocycles. The first-order chi connectivity index (χ1) is 14.5. The predicted octanol–water partition coefficient (Wildman–Crippen LogP) is 2.01. The van der Waals surface area contributed by atoms with Gasteiger partial charge < -0.3 is 19.7 Å². The van der Waals surface area contributed by atoms with Gasteiger partial charge >= 0.3 is 0 Å². The van der Waals surface area contributed by atoms with Crippen molar-refractivity contribution in [1.82, 2.24) is 20.2 Å². The summed E-state index contributed by atoms with van der Waals surface area (Å²) in [6, 6.07) is 7.28. The summed E-state index contributed by atoms with van der Waals surface area (Å²) in [5, 5.41) is 2.64. The van der Waals surface area contributed by atoms with Crippen LogP contribution in [0.1, 0.15) is 34.7 Å². The van der Waals surface area contributed by atoms with E-state index in [4.69, 9.17) is 9.47 Å². The molecule has 8 heteroatoms. The summed E-state index contributed by atoms with van der Waals surface area (Å²) in [4.78, 5) is 35.1. The quantitative estimate of drug-likeness (QED) is 0.748. The van der Waals surface area contributed by atoms with Gasteiger partial charge in [0.15, 0.2) is 18.1 Å². The SMILES string of the molecule is CNC(=O)c1cnc(C)nc1CC1CCN(C(=O)COc2ccccc2OC)CC1. The summed E-state index contributed by atoms with van der Waals surface area (Å²) in [6.45, 7) is 3.13. The third-order valence-corrected chi connectivity index (χ3v) is 5.33. The Morgan fingerprint density at radius 2 is 1.90 bits per heavy atom. The molecule has 0 atom stereocenters. The van der Waals surface area contributed by atoms with Crippen LogP contribution in [0.5, 0.6) is 11.5 Å². The van der Waals surface area contributed by atoms with Gasteiger partial charge in [-0.15, -0.1) is 0 Å². The third kappa shape index (κ3) is 5.25. The summed E-state index contributed by atoms with van der Waals surface area (Å²) >= 11 is 0. The van der Waals surface area contributed by atoms with Gasteiger partial charge in [0.25, 0.3) is 11.8 Å². The zero-order valence-corrected chi connectivity index (χ0v) is 17.7. The van der Waals surface area contributed by atoms with Crippen molar-refractivity contribution in [2.24, 2.45) is 5.92 Å². The molecule has 0 aliphatic carbocycles. The number of ether oxygens (including phenoxy) is 2. The zero-order valence-electron chi connectivity index (χ0n) is 17.7. The minimum absolute atomic E-state index is 0.0169. The molecule has 160 valence electrons. The lowest BCUT2D eigenvalue weighted by atomic mass is 9.90. The van der Waals surface area contributed by atoms with E-state index in [9.17, 15) is 9.59 Å². The van der Waals surface area contributed by atoms with Crippen molar-refractivity contribution >= 4 is 11.8 Å². The minimum atomic E-state index is -0.175. The number of aromatic nitrogens is 2. The highest BCUT2D eigenvalue weighted by molar-refractivity contribution is 5.94. The second kappa shape index (κ2) is 10.0. The molecule has 0 bridgehead atoms. The zero-order chi connectivity index (χ0) is 21.5. The Balaban J connectivity index is 1.53. The monoisotopic (exact) mass is 412 g/mol. The molecule has 0 radical (unpaired) electrons. The summed E-state index contributed by atoms with van der Waals surface area (Å²) in [6.07, 6.45) is 4.00. The smallest absolute Gasteiger partial charge is 0.260 e. The first-order valence-corrected chi connectivity index (χ1v) is 10.1. The van der Waals surface area contributed by atoms with Crippen LogP contribution in [0.25, 0.3) is 0 Å². The van der Waals surface area contributed by atoms with E-state index in [2.05, 4.69) is 15.3 Å². The average Bonchev–Trinajstić information content (AvgIpc) is 2.77. The highest BCUT2D eigenvalue weighted by Gasteiger charge is 2.25. The van der Waals surface area contributed by atoms with E-state index in [0.717, 1.165) is 18.5 Å². The van der Waals surface area contributed by atoms with Crippen molar-refractivity contribution in [3.05, 3.63) is 47.5 Å². The maximum Gasteiger partial charge on any atom is 0.260 e. The molecule has 1 N–H and O–H groups in total. The van der Waals surface area contributed by atoms with E-state index in [0.29, 0.717) is 48.3 Å². The standard InChI is InChI=1S/C22H28N4O4/c1-15-24-13-17(22(28)23-2)18(25-15)12-16-8-10-26(11-9-16)21(27)14-30-20-7-5-4-6-19(20)29-3/h4-7,13,16H,8-12,14H2,1-3H3,(H,23,28). The van der Waals surface area contributed by atoms with Crippen LogP contribution < -0.4 is 14.8 Å². The van der Waals surface area contributed by atoms with Crippen LogP contribution in [0.3, 0.4) is 0 Å². The van der Waals surface area contributed by atoms with E-state index in [1.54, 1.807) is 32.5 Å². The first kappa shape index (κ1) is 21.5. The number of nitrogens with one attached hydrogen (secondary N) is 1. The fourth-order valence-corrected chi connectivity index (χ4v) is 3.63. The maximum absolute atomic E-state index is 12.5. The fourth-order valence-electron chi connectivity index (χ4n) is 3.63. The Morgan fingerprint density at radius 1 is 1.20 bits per heavy atom. The number of nitrogens with zero attached hydrogens (tertiary/aromatic N) is 3. The lowest BCUT2D eigenvalue weighted by molar-refractivity contribution is -0.134. The number of likely N-dealkylation sites (tertiary alicyclic amines) is 1. The first-order valence-electron chi connectivity index (χ1n) is 10.1. The second-order valence-corrected chi connectivity index (χ2v) is 7.32. The van der Waals surface area contributed by atoms with Crippen molar-refractivity contribution in [3.63, 3.8) is 0 Å². The fraction of sp³-hybridized carbons (Fsp3) is 0.455. The molecule has 2 aromatic rings. The van der Waals surface area contributed by atoms with Gasteiger partial charge in [-0.2, -0.15) is 0 Å². The number of rotatable bonds is 7. The van der Waals surface area contributed by atoms with Gasteiger partial charge in [-0.05, 0) is 44.2 Å². The number of hydrogen-bond acceptors (Lipinski definition) is 6. The molecule has 30 heavy (non-hydrogen) atoms. The molecule has 1 aliphatic heterocycles. The number of aryl methyl sites for hydroxylation is 1. The number of carbonyl (C=O) groups is 2.